The lowest BCUT2D eigenvalue weighted by atomic mass is 10.00. The fraction of sp³-hybridized carbons (Fsp3) is 0.375. The largest absolute Gasteiger partial charge is 0.462 e. The van der Waals surface area contributed by atoms with Crippen LogP contribution in [0.2, 0.25) is 0 Å². The highest BCUT2D eigenvalue weighted by molar-refractivity contribution is 6.09. The molecule has 0 aliphatic carbocycles. The highest BCUT2D eigenvalue weighted by Crippen LogP contribution is 2.34. The second kappa shape index (κ2) is 5.14. The molecule has 6 nitrogen and oxygen atoms in total. The van der Waals surface area contributed by atoms with Crippen LogP contribution in [0.3, 0.4) is 0 Å². The molecule has 2 aliphatic heterocycles. The van der Waals surface area contributed by atoms with Crippen LogP contribution in [0.1, 0.15) is 17.5 Å². The molecule has 0 saturated carbocycles. The molecule has 1 aromatic heterocycles. The molecule has 0 bridgehead atoms. The molecule has 3 heterocycles. The van der Waals surface area contributed by atoms with E-state index in [4.69, 9.17) is 4.42 Å². The van der Waals surface area contributed by atoms with Gasteiger partial charge in [-0.25, -0.2) is 4.79 Å². The van der Waals surface area contributed by atoms with Gasteiger partial charge in [-0.15, -0.1) is 0 Å². The molecular formula is C16H17N3O3. The van der Waals surface area contributed by atoms with Crippen molar-refractivity contribution in [3.63, 3.8) is 0 Å². The third kappa shape index (κ3) is 2.07. The number of imide groups is 1. The standard InChI is InChI=1S/C16H17N3O3/c20-14-5-8-19(16(21)18-14)13-9-22-15-11-4-7-17-6-3-10(11)1-2-12(13)15/h1-2,9,17H,3-8H2,(H,18,20,21). The molecule has 3 amide bonds. The Bertz CT molecular complexity index is 765. The van der Waals surface area contributed by atoms with Gasteiger partial charge in [0.1, 0.15) is 11.8 Å². The van der Waals surface area contributed by atoms with Crippen molar-refractivity contribution in [2.24, 2.45) is 0 Å². The average molecular weight is 299 g/mol. The van der Waals surface area contributed by atoms with Crippen LogP contribution in [0.5, 0.6) is 0 Å². The van der Waals surface area contributed by atoms with E-state index in [0.717, 1.165) is 42.6 Å². The lowest BCUT2D eigenvalue weighted by Crippen LogP contribution is -2.49. The Hall–Kier alpha value is -2.34. The number of amides is 3. The molecular weight excluding hydrogens is 282 g/mol. The molecule has 1 fully saturated rings. The van der Waals surface area contributed by atoms with E-state index in [1.165, 1.54) is 11.1 Å². The molecule has 0 unspecified atom stereocenters. The summed E-state index contributed by atoms with van der Waals surface area (Å²) in [6.45, 7) is 2.29. The maximum Gasteiger partial charge on any atom is 0.328 e. The molecule has 2 aliphatic rings. The number of furan rings is 1. The Morgan fingerprint density at radius 3 is 2.82 bits per heavy atom. The summed E-state index contributed by atoms with van der Waals surface area (Å²) >= 11 is 0. The number of carbonyl (C=O) groups excluding carboxylic acids is 2. The third-order valence-electron chi connectivity index (χ3n) is 4.39. The van der Waals surface area contributed by atoms with E-state index < -0.39 is 0 Å². The van der Waals surface area contributed by atoms with E-state index in [9.17, 15) is 9.59 Å². The molecule has 0 spiro atoms. The van der Waals surface area contributed by atoms with Gasteiger partial charge in [0.15, 0.2) is 0 Å². The van der Waals surface area contributed by atoms with Gasteiger partial charge < -0.3 is 9.73 Å². The molecule has 0 radical (unpaired) electrons. The summed E-state index contributed by atoms with van der Waals surface area (Å²) in [5.41, 5.74) is 4.12. The summed E-state index contributed by atoms with van der Waals surface area (Å²) in [4.78, 5) is 24.9. The van der Waals surface area contributed by atoms with Gasteiger partial charge in [0, 0.05) is 18.4 Å². The van der Waals surface area contributed by atoms with E-state index in [2.05, 4.69) is 16.7 Å². The maximum atomic E-state index is 12.0. The predicted octanol–water partition coefficient (Wildman–Crippen LogP) is 1.57. The lowest BCUT2D eigenvalue weighted by molar-refractivity contribution is -0.120. The summed E-state index contributed by atoms with van der Waals surface area (Å²) < 4.78 is 5.80. The number of benzene rings is 1. The zero-order valence-electron chi connectivity index (χ0n) is 12.1. The van der Waals surface area contributed by atoms with E-state index >= 15 is 0 Å². The summed E-state index contributed by atoms with van der Waals surface area (Å²) in [5.74, 6) is -0.228. The van der Waals surface area contributed by atoms with Crippen LogP contribution < -0.4 is 15.5 Å². The second-order valence-electron chi connectivity index (χ2n) is 5.71. The molecule has 2 aromatic rings. The highest BCUT2D eigenvalue weighted by atomic mass is 16.3. The Kier molecular flexibility index (Phi) is 3.11. The minimum absolute atomic E-state index is 0.228. The van der Waals surface area contributed by atoms with Gasteiger partial charge in [0.2, 0.25) is 5.91 Å². The van der Waals surface area contributed by atoms with Crippen LogP contribution >= 0.6 is 0 Å². The van der Waals surface area contributed by atoms with Gasteiger partial charge in [-0.1, -0.05) is 6.07 Å². The van der Waals surface area contributed by atoms with Crippen molar-refractivity contribution in [3.05, 3.63) is 29.5 Å². The van der Waals surface area contributed by atoms with Gasteiger partial charge in [-0.05, 0) is 43.1 Å². The van der Waals surface area contributed by atoms with Gasteiger partial charge in [-0.3, -0.25) is 15.0 Å². The number of carbonyl (C=O) groups is 2. The van der Waals surface area contributed by atoms with Crippen molar-refractivity contribution in [1.29, 1.82) is 0 Å². The monoisotopic (exact) mass is 299 g/mol. The predicted molar refractivity (Wildman–Crippen MR) is 82.0 cm³/mol. The number of anilines is 1. The van der Waals surface area contributed by atoms with Crippen LogP contribution in [-0.2, 0) is 17.6 Å². The van der Waals surface area contributed by atoms with Gasteiger partial charge >= 0.3 is 6.03 Å². The van der Waals surface area contributed by atoms with Crippen LogP contribution in [0.4, 0.5) is 10.5 Å². The number of hydrogen-bond acceptors (Lipinski definition) is 4. The molecule has 22 heavy (non-hydrogen) atoms. The minimum Gasteiger partial charge on any atom is -0.462 e. The molecule has 0 atom stereocenters. The SMILES string of the molecule is O=C1CCN(c2coc3c4c(ccc23)CCNCC4)C(=O)N1. The van der Waals surface area contributed by atoms with Gasteiger partial charge in [0.25, 0.3) is 0 Å². The van der Waals surface area contributed by atoms with Crippen molar-refractivity contribution in [1.82, 2.24) is 10.6 Å². The smallest absolute Gasteiger partial charge is 0.328 e. The van der Waals surface area contributed by atoms with Crippen molar-refractivity contribution in [3.8, 4) is 0 Å². The highest BCUT2D eigenvalue weighted by Gasteiger charge is 2.27. The van der Waals surface area contributed by atoms with E-state index in [1.54, 1.807) is 11.2 Å². The maximum absolute atomic E-state index is 12.0. The van der Waals surface area contributed by atoms with Crippen LogP contribution in [0.15, 0.2) is 22.8 Å². The third-order valence-corrected chi connectivity index (χ3v) is 4.39. The summed E-state index contributed by atoms with van der Waals surface area (Å²) in [5, 5.41) is 6.67. The Morgan fingerprint density at radius 2 is 1.95 bits per heavy atom. The number of nitrogens with zero attached hydrogens (tertiary/aromatic N) is 1. The normalized spacial score (nSPS) is 19.0. The summed E-state index contributed by atoms with van der Waals surface area (Å²) in [7, 11) is 0. The van der Waals surface area contributed by atoms with E-state index in [1.807, 2.05) is 6.07 Å². The van der Waals surface area contributed by atoms with E-state index in [0.29, 0.717) is 13.0 Å². The Labute approximate surface area is 127 Å². The first-order valence-electron chi connectivity index (χ1n) is 7.58. The van der Waals surface area contributed by atoms with Crippen LogP contribution in [0, 0.1) is 0 Å². The first kappa shape index (κ1) is 13.3. The number of urea groups is 1. The molecule has 2 N–H and O–H groups in total. The fourth-order valence-corrected chi connectivity index (χ4v) is 3.26. The van der Waals surface area contributed by atoms with Crippen molar-refractivity contribution in [2.75, 3.05) is 24.5 Å². The van der Waals surface area contributed by atoms with Crippen molar-refractivity contribution >= 4 is 28.6 Å². The Morgan fingerprint density at radius 1 is 1.09 bits per heavy atom. The molecule has 6 heteroatoms. The van der Waals surface area contributed by atoms with Crippen molar-refractivity contribution in [2.45, 2.75) is 19.3 Å². The first-order chi connectivity index (χ1) is 10.7. The summed E-state index contributed by atoms with van der Waals surface area (Å²) in [6.07, 6.45) is 3.84. The quantitative estimate of drug-likeness (QED) is 0.838. The number of rotatable bonds is 1. The second-order valence-corrected chi connectivity index (χ2v) is 5.71. The zero-order valence-corrected chi connectivity index (χ0v) is 12.1. The van der Waals surface area contributed by atoms with Crippen LogP contribution in [0.25, 0.3) is 11.0 Å². The van der Waals surface area contributed by atoms with E-state index in [-0.39, 0.29) is 11.9 Å². The number of fused-ring (bicyclic) bond motifs is 3. The van der Waals surface area contributed by atoms with Gasteiger partial charge in [0.05, 0.1) is 5.69 Å². The molecule has 114 valence electrons. The number of nitrogens with one attached hydrogen (secondary N) is 2. The van der Waals surface area contributed by atoms with Gasteiger partial charge in [-0.2, -0.15) is 0 Å². The lowest BCUT2D eigenvalue weighted by Gasteiger charge is -2.25. The first-order valence-corrected chi connectivity index (χ1v) is 7.58. The zero-order chi connectivity index (χ0) is 15.1. The number of hydrogen-bond donors (Lipinski definition) is 2. The average Bonchev–Trinajstić information content (AvgIpc) is 2.77. The Balaban J connectivity index is 1.79. The topological polar surface area (TPSA) is 74.6 Å². The molecule has 4 rings (SSSR count). The summed E-state index contributed by atoms with van der Waals surface area (Å²) in [6, 6.07) is 3.76. The van der Waals surface area contributed by atoms with Crippen LogP contribution in [-0.4, -0.2) is 31.6 Å². The molecule has 1 aromatic carbocycles. The van der Waals surface area contributed by atoms with Crippen molar-refractivity contribution < 1.29 is 14.0 Å². The fourth-order valence-electron chi connectivity index (χ4n) is 3.26. The minimum atomic E-state index is -0.379. The molecule has 1 saturated heterocycles.